The van der Waals surface area contributed by atoms with Crippen LogP contribution in [0.5, 0.6) is 0 Å². The first-order valence-corrected chi connectivity index (χ1v) is 9.69. The van der Waals surface area contributed by atoms with E-state index in [-0.39, 0.29) is 11.8 Å². The highest BCUT2D eigenvalue weighted by Crippen LogP contribution is 2.34. The molecule has 2 aromatic heterocycles. The average Bonchev–Trinajstić information content (AvgIpc) is 3.28. The van der Waals surface area contributed by atoms with Crippen LogP contribution in [0.2, 0.25) is 0 Å². The molecular weight excluding hydrogens is 412 g/mol. The van der Waals surface area contributed by atoms with Crippen LogP contribution in [0.1, 0.15) is 12.0 Å². The predicted molar refractivity (Wildman–Crippen MR) is 109 cm³/mol. The maximum absolute atomic E-state index is 13.7. The first-order valence-electron chi connectivity index (χ1n) is 9.69. The van der Waals surface area contributed by atoms with Gasteiger partial charge in [0.2, 0.25) is 0 Å². The zero-order chi connectivity index (χ0) is 21.8. The monoisotopic (exact) mass is 428 g/mol. The van der Waals surface area contributed by atoms with E-state index in [1.165, 1.54) is 18.3 Å². The molecular formula is C22H16F4N4O. The van der Waals surface area contributed by atoms with Crippen molar-refractivity contribution in [3.8, 4) is 5.69 Å². The van der Waals surface area contributed by atoms with Gasteiger partial charge in [-0.1, -0.05) is 12.2 Å². The van der Waals surface area contributed by atoms with Crippen molar-refractivity contribution in [2.45, 2.75) is 12.6 Å². The highest BCUT2D eigenvalue weighted by Gasteiger charge is 2.35. The molecule has 5 rings (SSSR count). The first kappa shape index (κ1) is 19.5. The Balaban J connectivity index is 1.87. The third-order valence-corrected chi connectivity index (χ3v) is 5.70. The van der Waals surface area contributed by atoms with Crippen molar-refractivity contribution < 1.29 is 17.6 Å². The van der Waals surface area contributed by atoms with Gasteiger partial charge in [-0.25, -0.2) is 4.39 Å². The van der Waals surface area contributed by atoms with Gasteiger partial charge in [-0.15, -0.1) is 0 Å². The zero-order valence-corrected chi connectivity index (χ0v) is 16.0. The SMILES string of the molecule is O=c1ccc2cnc3c(c2n1-c1ccc(F)cc1C(F)(F)F)=CC(C1C=NNC1)CC=3. The topological polar surface area (TPSA) is 59.3 Å². The van der Waals surface area contributed by atoms with Crippen molar-refractivity contribution >= 4 is 29.3 Å². The molecule has 1 aromatic carbocycles. The number of rotatable bonds is 2. The van der Waals surface area contributed by atoms with Gasteiger partial charge in [0.15, 0.2) is 0 Å². The van der Waals surface area contributed by atoms with Crippen LogP contribution in [0.15, 0.2) is 46.4 Å². The highest BCUT2D eigenvalue weighted by atomic mass is 19.4. The summed E-state index contributed by atoms with van der Waals surface area (Å²) in [5.41, 5.74) is 0.957. The van der Waals surface area contributed by atoms with E-state index in [9.17, 15) is 22.4 Å². The molecule has 3 aromatic rings. The number of nitrogens with zero attached hydrogens (tertiary/aromatic N) is 3. The summed E-state index contributed by atoms with van der Waals surface area (Å²) in [6, 6.07) is 5.05. The molecule has 0 amide bonds. The number of hydrogen-bond acceptors (Lipinski definition) is 4. The van der Waals surface area contributed by atoms with Crippen LogP contribution in [0.25, 0.3) is 28.7 Å². The fourth-order valence-electron chi connectivity index (χ4n) is 4.21. The lowest BCUT2D eigenvalue weighted by molar-refractivity contribution is -0.137. The molecule has 0 spiro atoms. The van der Waals surface area contributed by atoms with Crippen molar-refractivity contribution in [3.05, 3.63) is 68.8 Å². The number of benzene rings is 1. The Morgan fingerprint density at radius 1 is 1.13 bits per heavy atom. The van der Waals surface area contributed by atoms with Gasteiger partial charge >= 0.3 is 6.18 Å². The lowest BCUT2D eigenvalue weighted by atomic mass is 9.87. The molecule has 31 heavy (non-hydrogen) atoms. The fourth-order valence-corrected chi connectivity index (χ4v) is 4.21. The van der Waals surface area contributed by atoms with Crippen LogP contribution in [-0.2, 0) is 6.18 Å². The van der Waals surface area contributed by atoms with E-state index in [4.69, 9.17) is 0 Å². The second-order valence-electron chi connectivity index (χ2n) is 7.60. The van der Waals surface area contributed by atoms with Crippen molar-refractivity contribution in [1.29, 1.82) is 0 Å². The minimum Gasteiger partial charge on any atom is -0.310 e. The summed E-state index contributed by atoms with van der Waals surface area (Å²) in [7, 11) is 0. The van der Waals surface area contributed by atoms with E-state index in [1.807, 2.05) is 18.4 Å². The molecule has 0 saturated carbocycles. The smallest absolute Gasteiger partial charge is 0.310 e. The van der Waals surface area contributed by atoms with E-state index in [0.29, 0.717) is 40.5 Å². The minimum absolute atomic E-state index is 0.0534. The lowest BCUT2D eigenvalue weighted by Crippen LogP contribution is -2.38. The van der Waals surface area contributed by atoms with E-state index in [0.717, 1.165) is 16.7 Å². The molecule has 1 aliphatic heterocycles. The third-order valence-electron chi connectivity index (χ3n) is 5.70. The quantitative estimate of drug-likeness (QED) is 0.638. The summed E-state index contributed by atoms with van der Waals surface area (Å²) in [6.45, 7) is 0.658. The molecule has 2 unspecified atom stereocenters. The predicted octanol–water partition coefficient (Wildman–Crippen LogP) is 2.33. The highest BCUT2D eigenvalue weighted by molar-refractivity contribution is 5.82. The van der Waals surface area contributed by atoms with Crippen LogP contribution in [0, 0.1) is 17.7 Å². The Labute approximate surface area is 173 Å². The van der Waals surface area contributed by atoms with Gasteiger partial charge < -0.3 is 5.43 Å². The summed E-state index contributed by atoms with van der Waals surface area (Å²) < 4.78 is 55.8. The summed E-state index contributed by atoms with van der Waals surface area (Å²) in [5, 5.41) is 5.74. The standard InChI is InChI=1S/C22H16F4N4O/c23-15-3-5-19(17(8-15)22(24,25)26)30-20(31)6-2-13-9-27-18-4-1-12(7-16(18)21(13)30)14-10-28-29-11-14/h2-10,12,14,29H,1,11H2. The third kappa shape index (κ3) is 3.30. The first-order chi connectivity index (χ1) is 14.8. The van der Waals surface area contributed by atoms with Crippen molar-refractivity contribution in [1.82, 2.24) is 15.0 Å². The van der Waals surface area contributed by atoms with Gasteiger partial charge in [-0.2, -0.15) is 18.3 Å². The van der Waals surface area contributed by atoms with Gasteiger partial charge in [0, 0.05) is 41.5 Å². The number of hydrogen-bond donors (Lipinski definition) is 1. The number of halogens is 4. The van der Waals surface area contributed by atoms with Crippen LogP contribution in [0.4, 0.5) is 17.6 Å². The molecule has 158 valence electrons. The number of aromatic nitrogens is 2. The molecule has 9 heteroatoms. The summed E-state index contributed by atoms with van der Waals surface area (Å²) in [5.74, 6) is -0.848. The Morgan fingerprint density at radius 2 is 1.97 bits per heavy atom. The van der Waals surface area contributed by atoms with E-state index < -0.39 is 28.8 Å². The van der Waals surface area contributed by atoms with Crippen LogP contribution < -0.4 is 21.6 Å². The second kappa shape index (κ2) is 7.04. The second-order valence-corrected chi connectivity index (χ2v) is 7.60. The largest absolute Gasteiger partial charge is 0.418 e. The molecule has 0 fully saturated rings. The van der Waals surface area contributed by atoms with Crippen LogP contribution in [0.3, 0.4) is 0 Å². The Hall–Kier alpha value is -3.49. The summed E-state index contributed by atoms with van der Waals surface area (Å²) >= 11 is 0. The number of alkyl halides is 3. The van der Waals surface area contributed by atoms with E-state index >= 15 is 0 Å². The van der Waals surface area contributed by atoms with Gasteiger partial charge in [0.25, 0.3) is 5.56 Å². The molecule has 1 N–H and O–H groups in total. The van der Waals surface area contributed by atoms with Gasteiger partial charge in [0.05, 0.1) is 22.1 Å². The fraction of sp³-hybridized carbons (Fsp3) is 0.227. The average molecular weight is 428 g/mol. The maximum atomic E-state index is 13.7. The molecule has 5 nitrogen and oxygen atoms in total. The number of pyridine rings is 2. The molecule has 0 radical (unpaired) electrons. The van der Waals surface area contributed by atoms with Crippen molar-refractivity contribution in [2.75, 3.05) is 6.54 Å². The van der Waals surface area contributed by atoms with Gasteiger partial charge in [0.1, 0.15) is 5.82 Å². The lowest BCUT2D eigenvalue weighted by Gasteiger charge is -2.20. The minimum atomic E-state index is -4.84. The summed E-state index contributed by atoms with van der Waals surface area (Å²) in [4.78, 5) is 17.3. The number of fused-ring (bicyclic) bond motifs is 3. The maximum Gasteiger partial charge on any atom is 0.418 e. The Morgan fingerprint density at radius 3 is 2.71 bits per heavy atom. The molecule has 3 heterocycles. The zero-order valence-electron chi connectivity index (χ0n) is 16.0. The Kier molecular flexibility index (Phi) is 4.42. The molecule has 2 atom stereocenters. The molecule has 0 saturated heterocycles. The number of hydrazone groups is 1. The molecule has 0 bridgehead atoms. The molecule has 1 aliphatic carbocycles. The van der Waals surface area contributed by atoms with E-state index in [2.05, 4.69) is 15.5 Å². The van der Waals surface area contributed by atoms with Crippen LogP contribution in [-0.4, -0.2) is 22.3 Å². The Bertz CT molecular complexity index is 1410. The summed E-state index contributed by atoms with van der Waals surface area (Å²) in [6.07, 6.45) is 3.07. The van der Waals surface area contributed by atoms with Crippen molar-refractivity contribution in [2.24, 2.45) is 16.9 Å². The van der Waals surface area contributed by atoms with E-state index in [1.54, 1.807) is 0 Å². The normalized spacial score (nSPS) is 20.1. The number of nitrogens with one attached hydrogen (secondary N) is 1. The molecule has 2 aliphatic rings. The van der Waals surface area contributed by atoms with Gasteiger partial charge in [-0.3, -0.25) is 14.3 Å². The van der Waals surface area contributed by atoms with Crippen LogP contribution >= 0.6 is 0 Å². The van der Waals surface area contributed by atoms with Gasteiger partial charge in [-0.05, 0) is 36.6 Å². The van der Waals surface area contributed by atoms with Crippen molar-refractivity contribution in [3.63, 3.8) is 0 Å².